The van der Waals surface area contributed by atoms with Crippen LogP contribution in [0.3, 0.4) is 0 Å². The maximum absolute atomic E-state index is 10.2. The zero-order valence-corrected chi connectivity index (χ0v) is 11.5. The molecule has 2 heteroatoms. The fourth-order valence-corrected chi connectivity index (χ4v) is 2.16. The molecule has 0 fully saturated rings. The van der Waals surface area contributed by atoms with E-state index in [2.05, 4.69) is 26.8 Å². The average Bonchev–Trinajstić information content (AvgIpc) is 2.25. The maximum Gasteiger partial charge on any atom is 0.0782 e. The second-order valence-electron chi connectivity index (χ2n) is 6.00. The van der Waals surface area contributed by atoms with Crippen LogP contribution in [0.4, 0.5) is 0 Å². The molecule has 0 radical (unpaired) electrons. The molecule has 0 aliphatic heterocycles. The van der Waals surface area contributed by atoms with Gasteiger partial charge in [0.15, 0.2) is 0 Å². The number of aliphatic hydroxyl groups is 2. The van der Waals surface area contributed by atoms with Crippen molar-refractivity contribution in [3.63, 3.8) is 0 Å². The van der Waals surface area contributed by atoms with E-state index in [-0.39, 0.29) is 5.41 Å². The second kappa shape index (κ2) is 5.83. The normalized spacial score (nSPS) is 37.3. The Labute approximate surface area is 105 Å². The predicted molar refractivity (Wildman–Crippen MR) is 71.8 cm³/mol. The monoisotopic (exact) mass is 238 g/mol. The Kier molecular flexibility index (Phi) is 4.96. The van der Waals surface area contributed by atoms with Gasteiger partial charge < -0.3 is 10.2 Å². The SMILES string of the molecule is C/C1=C/C[C@H](O)/C(C)=C/[C@H](O)C(C)(C)CCC1. The van der Waals surface area contributed by atoms with E-state index in [1.165, 1.54) is 5.57 Å². The molecule has 1 rings (SSSR count). The van der Waals surface area contributed by atoms with E-state index in [9.17, 15) is 10.2 Å². The van der Waals surface area contributed by atoms with Crippen LogP contribution in [0, 0.1) is 5.41 Å². The lowest BCUT2D eigenvalue weighted by molar-refractivity contribution is 0.0797. The molecule has 0 aromatic carbocycles. The zero-order chi connectivity index (χ0) is 13.1. The van der Waals surface area contributed by atoms with Gasteiger partial charge in [-0.3, -0.25) is 0 Å². The molecule has 0 amide bonds. The summed E-state index contributed by atoms with van der Waals surface area (Å²) < 4.78 is 0. The molecule has 0 unspecified atom stereocenters. The van der Waals surface area contributed by atoms with Crippen LogP contribution in [0.15, 0.2) is 23.3 Å². The number of hydrogen-bond donors (Lipinski definition) is 2. The minimum absolute atomic E-state index is 0.119. The number of rotatable bonds is 0. The van der Waals surface area contributed by atoms with Crippen molar-refractivity contribution in [3.8, 4) is 0 Å². The molecule has 2 nitrogen and oxygen atoms in total. The van der Waals surface area contributed by atoms with E-state index in [1.807, 2.05) is 13.0 Å². The third-order valence-electron chi connectivity index (χ3n) is 3.83. The van der Waals surface area contributed by atoms with Gasteiger partial charge in [-0.25, -0.2) is 0 Å². The highest BCUT2D eigenvalue weighted by Gasteiger charge is 2.26. The topological polar surface area (TPSA) is 40.5 Å². The Morgan fingerprint density at radius 1 is 1.24 bits per heavy atom. The third kappa shape index (κ3) is 4.29. The lowest BCUT2D eigenvalue weighted by Gasteiger charge is -2.29. The third-order valence-corrected chi connectivity index (χ3v) is 3.83. The molecule has 0 spiro atoms. The van der Waals surface area contributed by atoms with Gasteiger partial charge in [0.05, 0.1) is 12.2 Å². The van der Waals surface area contributed by atoms with Gasteiger partial charge in [0.25, 0.3) is 0 Å². The molecule has 98 valence electrons. The van der Waals surface area contributed by atoms with E-state index in [0.29, 0.717) is 6.42 Å². The van der Waals surface area contributed by atoms with Crippen LogP contribution < -0.4 is 0 Å². The van der Waals surface area contributed by atoms with Crippen LogP contribution in [-0.4, -0.2) is 22.4 Å². The molecule has 0 aromatic heterocycles. The van der Waals surface area contributed by atoms with Gasteiger partial charge in [-0.15, -0.1) is 0 Å². The summed E-state index contributed by atoms with van der Waals surface area (Å²) in [7, 11) is 0. The Balaban J connectivity index is 2.92. The Bertz CT molecular complexity index is 313. The molecule has 0 saturated carbocycles. The van der Waals surface area contributed by atoms with Crippen molar-refractivity contribution in [3.05, 3.63) is 23.3 Å². The van der Waals surface area contributed by atoms with Crippen LogP contribution in [-0.2, 0) is 0 Å². The molecule has 1 aliphatic rings. The summed E-state index contributed by atoms with van der Waals surface area (Å²) in [6.07, 6.45) is 6.80. The van der Waals surface area contributed by atoms with Crippen molar-refractivity contribution in [2.75, 3.05) is 0 Å². The quantitative estimate of drug-likeness (QED) is 0.636. The molecule has 0 bridgehead atoms. The molecule has 1 aliphatic carbocycles. The first-order valence-electron chi connectivity index (χ1n) is 6.53. The van der Waals surface area contributed by atoms with Crippen molar-refractivity contribution in [2.24, 2.45) is 5.41 Å². The van der Waals surface area contributed by atoms with Crippen LogP contribution in [0.25, 0.3) is 0 Å². The maximum atomic E-state index is 10.2. The Morgan fingerprint density at radius 3 is 2.53 bits per heavy atom. The first-order valence-corrected chi connectivity index (χ1v) is 6.53. The number of hydrogen-bond acceptors (Lipinski definition) is 2. The number of aliphatic hydroxyl groups excluding tert-OH is 2. The van der Waals surface area contributed by atoms with Crippen molar-refractivity contribution in [1.82, 2.24) is 0 Å². The predicted octanol–water partition coefficient (Wildman–Crippen LogP) is 3.20. The molecule has 0 saturated heterocycles. The summed E-state index contributed by atoms with van der Waals surface area (Å²) in [5.74, 6) is 0. The number of allylic oxidation sites excluding steroid dienone is 1. The molecular weight excluding hydrogens is 212 g/mol. The summed E-state index contributed by atoms with van der Waals surface area (Å²) in [6, 6.07) is 0. The van der Waals surface area contributed by atoms with E-state index in [4.69, 9.17) is 0 Å². The first kappa shape index (κ1) is 14.5. The van der Waals surface area contributed by atoms with Crippen molar-refractivity contribution >= 4 is 0 Å². The molecule has 17 heavy (non-hydrogen) atoms. The Morgan fingerprint density at radius 2 is 1.88 bits per heavy atom. The average molecular weight is 238 g/mol. The summed E-state index contributed by atoms with van der Waals surface area (Å²) in [5.41, 5.74) is 2.09. The van der Waals surface area contributed by atoms with Crippen molar-refractivity contribution < 1.29 is 10.2 Å². The van der Waals surface area contributed by atoms with Gasteiger partial charge in [-0.05, 0) is 50.5 Å². The summed E-state index contributed by atoms with van der Waals surface area (Å²) >= 11 is 0. The smallest absolute Gasteiger partial charge is 0.0782 e. The minimum Gasteiger partial charge on any atom is -0.388 e. The van der Waals surface area contributed by atoms with Gasteiger partial charge in [-0.1, -0.05) is 31.6 Å². The Hall–Kier alpha value is -0.600. The first-order chi connectivity index (χ1) is 7.83. The van der Waals surface area contributed by atoms with Crippen LogP contribution in [0.5, 0.6) is 0 Å². The zero-order valence-electron chi connectivity index (χ0n) is 11.5. The summed E-state index contributed by atoms with van der Waals surface area (Å²) in [4.78, 5) is 0. The van der Waals surface area contributed by atoms with E-state index in [0.717, 1.165) is 24.8 Å². The van der Waals surface area contributed by atoms with Crippen molar-refractivity contribution in [1.29, 1.82) is 0 Å². The highest BCUT2D eigenvalue weighted by molar-refractivity contribution is 5.13. The lowest BCUT2D eigenvalue weighted by Crippen LogP contribution is -2.28. The van der Waals surface area contributed by atoms with Gasteiger partial charge in [0, 0.05) is 0 Å². The molecule has 2 atom stereocenters. The fraction of sp³-hybridized carbons (Fsp3) is 0.733. The standard InChI is InChI=1S/C15H26O2/c1-11-6-5-9-15(3,4)14(17)10-12(2)13(16)8-7-11/h7,10,13-14,16-17H,5-6,8-9H2,1-4H3/b11-7-,12-10+/t13-,14-/m0/s1. The van der Waals surface area contributed by atoms with Gasteiger partial charge in [0.1, 0.15) is 0 Å². The van der Waals surface area contributed by atoms with Crippen LogP contribution >= 0.6 is 0 Å². The molecular formula is C15H26O2. The van der Waals surface area contributed by atoms with Gasteiger partial charge in [0.2, 0.25) is 0 Å². The van der Waals surface area contributed by atoms with Gasteiger partial charge in [-0.2, -0.15) is 0 Å². The van der Waals surface area contributed by atoms with E-state index in [1.54, 1.807) is 0 Å². The van der Waals surface area contributed by atoms with E-state index < -0.39 is 12.2 Å². The largest absolute Gasteiger partial charge is 0.388 e. The van der Waals surface area contributed by atoms with Crippen molar-refractivity contribution in [2.45, 2.75) is 65.6 Å². The lowest BCUT2D eigenvalue weighted by atomic mass is 9.80. The van der Waals surface area contributed by atoms with Gasteiger partial charge >= 0.3 is 0 Å². The fourth-order valence-electron chi connectivity index (χ4n) is 2.16. The second-order valence-corrected chi connectivity index (χ2v) is 6.00. The highest BCUT2D eigenvalue weighted by atomic mass is 16.3. The van der Waals surface area contributed by atoms with Crippen LogP contribution in [0.2, 0.25) is 0 Å². The molecule has 2 N–H and O–H groups in total. The van der Waals surface area contributed by atoms with E-state index >= 15 is 0 Å². The summed E-state index contributed by atoms with van der Waals surface area (Å²) in [6.45, 7) is 8.19. The highest BCUT2D eigenvalue weighted by Crippen LogP contribution is 2.31. The molecule has 0 heterocycles. The van der Waals surface area contributed by atoms with Crippen LogP contribution in [0.1, 0.15) is 53.4 Å². The summed E-state index contributed by atoms with van der Waals surface area (Å²) in [5, 5.41) is 20.2. The molecule has 0 aromatic rings. The minimum atomic E-state index is -0.476.